The second-order valence-corrected chi connectivity index (χ2v) is 5.27. The fraction of sp³-hybridized carbons (Fsp3) is 0.600. The molecule has 0 aliphatic heterocycles. The van der Waals surface area contributed by atoms with E-state index in [0.29, 0.717) is 31.2 Å². The van der Waals surface area contributed by atoms with Gasteiger partial charge in [-0.15, -0.1) is 0 Å². The van der Waals surface area contributed by atoms with Crippen LogP contribution in [0.25, 0.3) is 0 Å². The summed E-state index contributed by atoms with van der Waals surface area (Å²) in [4.78, 5) is 10.6. The first-order valence-corrected chi connectivity index (χ1v) is 7.00. The fourth-order valence-corrected chi connectivity index (χ4v) is 1.94. The minimum atomic E-state index is -0.334. The molecule has 1 aromatic carbocycles. The average molecular weight is 280 g/mol. The molecule has 5 nitrogen and oxygen atoms in total. The number of hydrogen-bond donors (Lipinski definition) is 1. The zero-order valence-corrected chi connectivity index (χ0v) is 12.7. The van der Waals surface area contributed by atoms with Gasteiger partial charge in [-0.2, -0.15) is 0 Å². The molecule has 20 heavy (non-hydrogen) atoms. The van der Waals surface area contributed by atoms with Gasteiger partial charge in [-0.25, -0.2) is 0 Å². The van der Waals surface area contributed by atoms with E-state index in [1.807, 2.05) is 13.0 Å². The van der Waals surface area contributed by atoms with Crippen molar-refractivity contribution in [2.45, 2.75) is 40.3 Å². The molecule has 1 unspecified atom stereocenters. The van der Waals surface area contributed by atoms with Crippen LogP contribution in [0.15, 0.2) is 18.2 Å². The van der Waals surface area contributed by atoms with Crippen LogP contribution in [0.3, 0.4) is 0 Å². The first kappa shape index (κ1) is 16.6. The number of nitrogens with zero attached hydrogens (tertiary/aromatic N) is 1. The third-order valence-electron chi connectivity index (χ3n) is 3.34. The lowest BCUT2D eigenvalue weighted by molar-refractivity contribution is -0.385. The summed E-state index contributed by atoms with van der Waals surface area (Å²) >= 11 is 0. The van der Waals surface area contributed by atoms with Gasteiger partial charge in [0.1, 0.15) is 0 Å². The zero-order chi connectivity index (χ0) is 15.1. The average Bonchev–Trinajstić information content (AvgIpc) is 2.39. The van der Waals surface area contributed by atoms with Gasteiger partial charge < -0.3 is 10.1 Å². The van der Waals surface area contributed by atoms with Crippen molar-refractivity contribution in [1.82, 2.24) is 5.32 Å². The van der Waals surface area contributed by atoms with Crippen LogP contribution in [-0.4, -0.2) is 24.2 Å². The smallest absolute Gasteiger partial charge is 0.272 e. The Kier molecular flexibility index (Phi) is 6.61. The molecule has 1 rings (SSSR count). The van der Waals surface area contributed by atoms with Crippen molar-refractivity contribution in [3.8, 4) is 0 Å². The van der Waals surface area contributed by atoms with Crippen LogP contribution in [0, 0.1) is 23.0 Å². The van der Waals surface area contributed by atoms with E-state index in [-0.39, 0.29) is 16.7 Å². The molecule has 0 aliphatic carbocycles. The third kappa shape index (κ3) is 4.90. The molecule has 0 bridgehead atoms. The van der Waals surface area contributed by atoms with Crippen LogP contribution in [0.1, 0.15) is 31.9 Å². The molecule has 0 fully saturated rings. The summed E-state index contributed by atoms with van der Waals surface area (Å²) < 4.78 is 5.46. The molecule has 0 saturated heterocycles. The second-order valence-electron chi connectivity index (χ2n) is 5.27. The number of ether oxygens (including phenoxy) is 1. The fourth-order valence-electron chi connectivity index (χ4n) is 1.94. The standard InChI is InChI=1S/C15H24N2O3/c1-5-20-10-14(11(2)3)16-9-13-7-6-12(4)15(8-13)17(18)19/h6-8,11,14,16H,5,9-10H2,1-4H3. The molecule has 1 aromatic rings. The molecular weight excluding hydrogens is 256 g/mol. The molecule has 0 saturated carbocycles. The summed E-state index contributed by atoms with van der Waals surface area (Å²) in [5.74, 6) is 0.446. The van der Waals surface area contributed by atoms with Gasteiger partial charge in [-0.1, -0.05) is 26.0 Å². The van der Waals surface area contributed by atoms with Gasteiger partial charge >= 0.3 is 0 Å². The van der Waals surface area contributed by atoms with Gasteiger partial charge in [0.25, 0.3) is 5.69 Å². The number of nitro benzene ring substituents is 1. The van der Waals surface area contributed by atoms with Crippen molar-refractivity contribution in [1.29, 1.82) is 0 Å². The maximum Gasteiger partial charge on any atom is 0.272 e. The van der Waals surface area contributed by atoms with Crippen molar-refractivity contribution in [2.75, 3.05) is 13.2 Å². The number of benzene rings is 1. The number of nitrogens with one attached hydrogen (secondary N) is 1. The Morgan fingerprint density at radius 1 is 1.40 bits per heavy atom. The molecule has 112 valence electrons. The van der Waals surface area contributed by atoms with Crippen LogP contribution in [0.4, 0.5) is 5.69 Å². The predicted molar refractivity (Wildman–Crippen MR) is 79.8 cm³/mol. The molecule has 0 radical (unpaired) electrons. The maximum atomic E-state index is 10.9. The van der Waals surface area contributed by atoms with Gasteiger partial charge in [-0.05, 0) is 25.3 Å². The van der Waals surface area contributed by atoms with E-state index in [0.717, 1.165) is 5.56 Å². The highest BCUT2D eigenvalue weighted by molar-refractivity contribution is 5.42. The van der Waals surface area contributed by atoms with Crippen molar-refractivity contribution in [3.05, 3.63) is 39.4 Å². The molecule has 5 heteroatoms. The number of hydrogen-bond acceptors (Lipinski definition) is 4. The molecular formula is C15H24N2O3. The summed E-state index contributed by atoms with van der Waals surface area (Å²) in [5.41, 5.74) is 1.79. The maximum absolute atomic E-state index is 10.9. The van der Waals surface area contributed by atoms with Crippen LogP contribution in [-0.2, 0) is 11.3 Å². The molecule has 0 aromatic heterocycles. The highest BCUT2D eigenvalue weighted by Gasteiger charge is 2.14. The van der Waals surface area contributed by atoms with Gasteiger partial charge in [0, 0.05) is 30.8 Å². The summed E-state index contributed by atoms with van der Waals surface area (Å²) in [6.07, 6.45) is 0. The van der Waals surface area contributed by atoms with E-state index in [1.54, 1.807) is 19.1 Å². The second kappa shape index (κ2) is 7.97. The van der Waals surface area contributed by atoms with Gasteiger partial charge in [0.05, 0.1) is 11.5 Å². The van der Waals surface area contributed by atoms with Crippen LogP contribution in [0.2, 0.25) is 0 Å². The SMILES string of the molecule is CCOCC(NCc1ccc(C)c([N+](=O)[O-])c1)C(C)C. The van der Waals surface area contributed by atoms with E-state index >= 15 is 0 Å². The predicted octanol–water partition coefficient (Wildman–Crippen LogP) is 3.05. The van der Waals surface area contributed by atoms with Crippen LogP contribution >= 0.6 is 0 Å². The molecule has 1 atom stereocenters. The Hall–Kier alpha value is -1.46. The van der Waals surface area contributed by atoms with E-state index in [9.17, 15) is 10.1 Å². The Morgan fingerprint density at radius 3 is 2.65 bits per heavy atom. The lowest BCUT2D eigenvalue weighted by Gasteiger charge is -2.22. The lowest BCUT2D eigenvalue weighted by atomic mass is 10.0. The molecule has 1 N–H and O–H groups in total. The monoisotopic (exact) mass is 280 g/mol. The van der Waals surface area contributed by atoms with Crippen molar-refractivity contribution in [2.24, 2.45) is 5.92 Å². The third-order valence-corrected chi connectivity index (χ3v) is 3.34. The summed E-state index contributed by atoms with van der Waals surface area (Å²) in [7, 11) is 0. The van der Waals surface area contributed by atoms with E-state index in [4.69, 9.17) is 4.74 Å². The molecule has 0 spiro atoms. The Labute approximate surface area is 120 Å². The Morgan fingerprint density at radius 2 is 2.10 bits per heavy atom. The quantitative estimate of drug-likeness (QED) is 0.587. The lowest BCUT2D eigenvalue weighted by Crippen LogP contribution is -2.37. The molecule has 0 aliphatic rings. The van der Waals surface area contributed by atoms with Crippen LogP contribution in [0.5, 0.6) is 0 Å². The van der Waals surface area contributed by atoms with Crippen molar-refractivity contribution < 1.29 is 9.66 Å². The zero-order valence-electron chi connectivity index (χ0n) is 12.7. The number of rotatable bonds is 8. The van der Waals surface area contributed by atoms with Crippen LogP contribution < -0.4 is 5.32 Å². The Bertz CT molecular complexity index is 447. The van der Waals surface area contributed by atoms with Crippen molar-refractivity contribution in [3.63, 3.8) is 0 Å². The van der Waals surface area contributed by atoms with Crippen molar-refractivity contribution >= 4 is 5.69 Å². The highest BCUT2D eigenvalue weighted by atomic mass is 16.6. The first-order valence-electron chi connectivity index (χ1n) is 7.00. The van der Waals surface area contributed by atoms with Gasteiger partial charge in [0.15, 0.2) is 0 Å². The first-order chi connectivity index (χ1) is 9.45. The van der Waals surface area contributed by atoms with Gasteiger partial charge in [-0.3, -0.25) is 10.1 Å². The van der Waals surface area contributed by atoms with Gasteiger partial charge in [0.2, 0.25) is 0 Å². The van der Waals surface area contributed by atoms with E-state index in [1.165, 1.54) is 0 Å². The molecule has 0 amide bonds. The largest absolute Gasteiger partial charge is 0.380 e. The van der Waals surface area contributed by atoms with E-state index in [2.05, 4.69) is 19.2 Å². The minimum Gasteiger partial charge on any atom is -0.380 e. The minimum absolute atomic E-state index is 0.176. The normalized spacial score (nSPS) is 12.7. The van der Waals surface area contributed by atoms with E-state index < -0.39 is 0 Å². The summed E-state index contributed by atoms with van der Waals surface area (Å²) in [6, 6.07) is 5.60. The number of aryl methyl sites for hydroxylation is 1. The highest BCUT2D eigenvalue weighted by Crippen LogP contribution is 2.19. The summed E-state index contributed by atoms with van der Waals surface area (Å²) in [5, 5.41) is 14.3. The summed E-state index contributed by atoms with van der Waals surface area (Å²) in [6.45, 7) is 9.95. The Balaban J connectivity index is 2.68. The molecule has 0 heterocycles. The number of nitro groups is 1. The topological polar surface area (TPSA) is 64.4 Å².